The van der Waals surface area contributed by atoms with E-state index in [1.165, 1.54) is 6.42 Å². The number of nitrogens with zero attached hydrogens (tertiary/aromatic N) is 1. The van der Waals surface area contributed by atoms with E-state index in [0.717, 1.165) is 13.0 Å². The molecule has 2 aliphatic rings. The van der Waals surface area contributed by atoms with Gasteiger partial charge in [0, 0.05) is 31.0 Å². The fraction of sp³-hybridized carbons (Fsp3) is 0.722. The minimum absolute atomic E-state index is 0.0756. The van der Waals surface area contributed by atoms with E-state index in [9.17, 15) is 5.11 Å². The summed E-state index contributed by atoms with van der Waals surface area (Å²) in [5, 5.41) is 17.3. The average molecular weight is 335 g/mol. The van der Waals surface area contributed by atoms with Crippen LogP contribution < -0.4 is 10.6 Å². The fourth-order valence-electron chi connectivity index (χ4n) is 4.09. The van der Waals surface area contributed by atoms with Crippen molar-refractivity contribution >= 4 is 5.96 Å². The van der Waals surface area contributed by atoms with Crippen molar-refractivity contribution in [1.82, 2.24) is 10.6 Å². The predicted octanol–water partition coefficient (Wildman–Crippen LogP) is 1.86. The maximum absolute atomic E-state index is 10.6. The Balaban J connectivity index is 1.59. The van der Waals surface area contributed by atoms with Gasteiger partial charge in [-0.05, 0) is 31.9 Å². The standard InChI is InChI=1S/C18H29N3O3/c1-17(2)14(12-7-5-10-24-15(12)17)21-16(19-4)20-11-18(3,22)13-8-6-9-23-13/h6,8-9,12,14-15,22H,5,7,10-11H2,1-4H3,(H2,19,20,21). The summed E-state index contributed by atoms with van der Waals surface area (Å²) in [5.74, 6) is 1.76. The van der Waals surface area contributed by atoms with Gasteiger partial charge in [-0.3, -0.25) is 4.99 Å². The van der Waals surface area contributed by atoms with E-state index in [0.29, 0.717) is 36.3 Å². The van der Waals surface area contributed by atoms with Gasteiger partial charge in [0.05, 0.1) is 18.9 Å². The highest BCUT2D eigenvalue weighted by Crippen LogP contribution is 2.51. The lowest BCUT2D eigenvalue weighted by Crippen LogP contribution is -2.71. The van der Waals surface area contributed by atoms with E-state index in [-0.39, 0.29) is 5.41 Å². The second kappa shape index (κ2) is 6.41. The van der Waals surface area contributed by atoms with Crippen LogP contribution in [0.2, 0.25) is 0 Å². The molecule has 3 N–H and O–H groups in total. The molecule has 1 aromatic heterocycles. The SMILES string of the molecule is CN=C(NCC(C)(O)c1ccco1)NC1C2CCCOC2C1(C)C. The van der Waals surface area contributed by atoms with Gasteiger partial charge in [0.25, 0.3) is 0 Å². The summed E-state index contributed by atoms with van der Waals surface area (Å²) >= 11 is 0. The number of rotatable bonds is 4. The lowest BCUT2D eigenvalue weighted by Gasteiger charge is -2.60. The third kappa shape index (κ3) is 3.05. The smallest absolute Gasteiger partial charge is 0.191 e. The van der Waals surface area contributed by atoms with Gasteiger partial charge in [0.1, 0.15) is 11.4 Å². The van der Waals surface area contributed by atoms with Crippen molar-refractivity contribution in [3.8, 4) is 0 Å². The van der Waals surface area contributed by atoms with Gasteiger partial charge in [-0.1, -0.05) is 13.8 Å². The summed E-state index contributed by atoms with van der Waals surface area (Å²) < 4.78 is 11.3. The van der Waals surface area contributed by atoms with Crippen LogP contribution in [0.5, 0.6) is 0 Å². The molecule has 6 nitrogen and oxygen atoms in total. The molecule has 0 spiro atoms. The molecule has 2 heterocycles. The molecule has 4 atom stereocenters. The van der Waals surface area contributed by atoms with Crippen LogP contribution in [0.3, 0.4) is 0 Å². The third-order valence-electron chi connectivity index (χ3n) is 5.50. The van der Waals surface area contributed by atoms with Crippen LogP contribution >= 0.6 is 0 Å². The van der Waals surface area contributed by atoms with E-state index in [1.807, 2.05) is 0 Å². The number of guanidine groups is 1. The molecule has 24 heavy (non-hydrogen) atoms. The van der Waals surface area contributed by atoms with Crippen molar-refractivity contribution in [3.63, 3.8) is 0 Å². The molecular weight excluding hydrogens is 306 g/mol. The summed E-state index contributed by atoms with van der Waals surface area (Å²) in [6.07, 6.45) is 4.20. The molecule has 1 aromatic rings. The van der Waals surface area contributed by atoms with Crippen molar-refractivity contribution in [2.45, 2.75) is 51.4 Å². The molecule has 1 aliphatic carbocycles. The van der Waals surface area contributed by atoms with E-state index >= 15 is 0 Å². The van der Waals surface area contributed by atoms with Crippen LogP contribution in [0.25, 0.3) is 0 Å². The van der Waals surface area contributed by atoms with Gasteiger partial charge < -0.3 is 24.9 Å². The molecule has 134 valence electrons. The molecule has 1 saturated heterocycles. The second-order valence-corrected chi connectivity index (χ2v) is 7.72. The number of fused-ring (bicyclic) bond motifs is 1. The first kappa shape index (κ1) is 17.3. The predicted molar refractivity (Wildman–Crippen MR) is 92.8 cm³/mol. The lowest BCUT2D eigenvalue weighted by molar-refractivity contribution is -0.188. The van der Waals surface area contributed by atoms with Crippen LogP contribution in [0, 0.1) is 11.3 Å². The molecular formula is C18H29N3O3. The summed E-state index contributed by atoms with van der Waals surface area (Å²) in [6.45, 7) is 7.39. The van der Waals surface area contributed by atoms with Crippen molar-refractivity contribution in [3.05, 3.63) is 24.2 Å². The molecule has 4 unspecified atom stereocenters. The number of nitrogens with one attached hydrogen (secondary N) is 2. The average Bonchev–Trinajstić information content (AvgIpc) is 3.10. The van der Waals surface area contributed by atoms with Crippen molar-refractivity contribution in [2.24, 2.45) is 16.3 Å². The summed E-state index contributed by atoms with van der Waals surface area (Å²) in [6, 6.07) is 3.87. The largest absolute Gasteiger partial charge is 0.466 e. The minimum Gasteiger partial charge on any atom is -0.466 e. The Labute approximate surface area is 143 Å². The van der Waals surface area contributed by atoms with Gasteiger partial charge >= 0.3 is 0 Å². The first-order valence-electron chi connectivity index (χ1n) is 8.71. The first-order chi connectivity index (χ1) is 11.4. The zero-order chi connectivity index (χ0) is 17.4. The number of hydrogen-bond acceptors (Lipinski definition) is 4. The topological polar surface area (TPSA) is 79.0 Å². The number of furan rings is 1. The van der Waals surface area contributed by atoms with Gasteiger partial charge in [-0.15, -0.1) is 0 Å². The Morgan fingerprint density at radius 2 is 2.29 bits per heavy atom. The number of aliphatic hydroxyl groups is 1. The van der Waals surface area contributed by atoms with Gasteiger partial charge in [0.15, 0.2) is 5.96 Å². The maximum Gasteiger partial charge on any atom is 0.191 e. The molecule has 0 aromatic carbocycles. The fourth-order valence-corrected chi connectivity index (χ4v) is 4.09. The molecule has 2 fully saturated rings. The Morgan fingerprint density at radius 3 is 2.96 bits per heavy atom. The molecule has 3 rings (SSSR count). The van der Waals surface area contributed by atoms with E-state index < -0.39 is 5.60 Å². The third-order valence-corrected chi connectivity index (χ3v) is 5.50. The zero-order valence-electron chi connectivity index (χ0n) is 15.0. The van der Waals surface area contributed by atoms with Crippen LogP contribution in [0.4, 0.5) is 0 Å². The summed E-state index contributed by atoms with van der Waals surface area (Å²) in [5.41, 5.74) is -1.01. The second-order valence-electron chi connectivity index (χ2n) is 7.72. The highest BCUT2D eigenvalue weighted by molar-refractivity contribution is 5.80. The molecule has 0 bridgehead atoms. The highest BCUT2D eigenvalue weighted by Gasteiger charge is 2.58. The highest BCUT2D eigenvalue weighted by atomic mass is 16.5. The Hall–Kier alpha value is -1.53. The van der Waals surface area contributed by atoms with Crippen LogP contribution in [0.1, 0.15) is 39.4 Å². The number of aliphatic imine (C=N–C) groups is 1. The van der Waals surface area contributed by atoms with Gasteiger partial charge in [-0.25, -0.2) is 0 Å². The van der Waals surface area contributed by atoms with E-state index in [4.69, 9.17) is 9.15 Å². The molecule has 1 aliphatic heterocycles. The molecule has 6 heteroatoms. The van der Waals surface area contributed by atoms with Crippen LogP contribution in [0.15, 0.2) is 27.8 Å². The number of hydrogen-bond donors (Lipinski definition) is 3. The van der Waals surface area contributed by atoms with Crippen molar-refractivity contribution < 1.29 is 14.3 Å². The lowest BCUT2D eigenvalue weighted by atomic mass is 9.55. The normalized spacial score (nSPS) is 31.5. The summed E-state index contributed by atoms with van der Waals surface area (Å²) in [7, 11) is 1.75. The van der Waals surface area contributed by atoms with Crippen molar-refractivity contribution in [2.75, 3.05) is 20.2 Å². The monoisotopic (exact) mass is 335 g/mol. The quantitative estimate of drug-likeness (QED) is 0.578. The number of ether oxygens (including phenoxy) is 1. The Morgan fingerprint density at radius 1 is 1.50 bits per heavy atom. The van der Waals surface area contributed by atoms with Crippen LogP contribution in [-0.4, -0.2) is 43.4 Å². The minimum atomic E-state index is -1.09. The Bertz CT molecular complexity index is 580. The van der Waals surface area contributed by atoms with Gasteiger partial charge in [-0.2, -0.15) is 0 Å². The van der Waals surface area contributed by atoms with Crippen molar-refractivity contribution in [1.29, 1.82) is 0 Å². The molecule has 0 amide bonds. The maximum atomic E-state index is 10.6. The molecule has 0 radical (unpaired) electrons. The van der Waals surface area contributed by atoms with Gasteiger partial charge in [0.2, 0.25) is 0 Å². The molecule has 1 saturated carbocycles. The summed E-state index contributed by atoms with van der Waals surface area (Å²) in [4.78, 5) is 4.31. The zero-order valence-corrected chi connectivity index (χ0v) is 15.0. The van der Waals surface area contributed by atoms with Crippen LogP contribution in [-0.2, 0) is 10.3 Å². The van der Waals surface area contributed by atoms with E-state index in [2.05, 4.69) is 29.5 Å². The first-order valence-corrected chi connectivity index (χ1v) is 8.71. The van der Waals surface area contributed by atoms with E-state index in [1.54, 1.807) is 32.4 Å². The Kier molecular flexibility index (Phi) is 4.62.